The van der Waals surface area contributed by atoms with Crippen LogP contribution in [-0.2, 0) is 22.1 Å². The van der Waals surface area contributed by atoms with Crippen molar-refractivity contribution in [2.75, 3.05) is 13.2 Å². The number of amides is 1. The van der Waals surface area contributed by atoms with Crippen molar-refractivity contribution in [3.8, 4) is 0 Å². The van der Waals surface area contributed by atoms with Gasteiger partial charge in [0.15, 0.2) is 0 Å². The maximum absolute atomic E-state index is 14.2. The first-order valence-corrected chi connectivity index (χ1v) is 8.91. The van der Waals surface area contributed by atoms with Crippen LogP contribution in [0.5, 0.6) is 0 Å². The number of carbonyl (C=O) groups excluding carboxylic acids is 1. The summed E-state index contributed by atoms with van der Waals surface area (Å²) in [7, 11) is 0. The van der Waals surface area contributed by atoms with Crippen molar-refractivity contribution in [2.24, 2.45) is 11.8 Å². The molecule has 1 saturated carbocycles. The number of hydrogen-bond donors (Lipinski definition) is 2. The molecule has 4 rings (SSSR count). The molecule has 27 heavy (non-hydrogen) atoms. The van der Waals surface area contributed by atoms with Crippen LogP contribution >= 0.6 is 0 Å². The molecule has 2 heterocycles. The van der Waals surface area contributed by atoms with E-state index in [9.17, 15) is 26.7 Å². The summed E-state index contributed by atoms with van der Waals surface area (Å²) >= 11 is 0. The standard InChI is InChI=1S/C18H19F5N2O2/c19-12-5-11(18(21,22)23)13(20)1-8(12)2-15(10-6-27-7-10)25-17(26)16-4-9-3-14(9)24-16/h1,5,9-10,14-16,24H,2-4,6-7H2,(H,25,26)/t9-,14-,15?,16-/m1/s1. The van der Waals surface area contributed by atoms with Crippen LogP contribution in [0.4, 0.5) is 22.0 Å². The van der Waals surface area contributed by atoms with Gasteiger partial charge in [0.2, 0.25) is 5.91 Å². The lowest BCUT2D eigenvalue weighted by atomic mass is 9.91. The Labute approximate surface area is 152 Å². The third kappa shape index (κ3) is 3.80. The van der Waals surface area contributed by atoms with E-state index in [1.807, 2.05) is 0 Å². The predicted molar refractivity (Wildman–Crippen MR) is 84.7 cm³/mol. The summed E-state index contributed by atoms with van der Waals surface area (Å²) in [6.07, 6.45) is -3.25. The molecule has 148 valence electrons. The van der Waals surface area contributed by atoms with Gasteiger partial charge in [0.25, 0.3) is 0 Å². The van der Waals surface area contributed by atoms with Gasteiger partial charge in [-0.15, -0.1) is 0 Å². The molecule has 2 saturated heterocycles. The number of hydrogen-bond acceptors (Lipinski definition) is 3. The number of piperidine rings is 1. The average Bonchev–Trinajstić information content (AvgIpc) is 3.13. The summed E-state index contributed by atoms with van der Waals surface area (Å²) in [4.78, 5) is 12.5. The van der Waals surface area contributed by atoms with Crippen molar-refractivity contribution in [1.29, 1.82) is 0 Å². The smallest absolute Gasteiger partial charge is 0.381 e. The third-order valence-electron chi connectivity index (χ3n) is 5.63. The van der Waals surface area contributed by atoms with Crippen molar-refractivity contribution in [1.82, 2.24) is 10.6 Å². The fourth-order valence-corrected chi connectivity index (χ4v) is 3.83. The zero-order valence-corrected chi connectivity index (χ0v) is 14.3. The van der Waals surface area contributed by atoms with Crippen LogP contribution in [0.25, 0.3) is 0 Å². The summed E-state index contributed by atoms with van der Waals surface area (Å²) in [5.41, 5.74) is -1.83. The first-order valence-electron chi connectivity index (χ1n) is 8.91. The van der Waals surface area contributed by atoms with E-state index in [0.717, 1.165) is 12.8 Å². The van der Waals surface area contributed by atoms with Crippen molar-refractivity contribution in [2.45, 2.75) is 43.6 Å². The highest BCUT2D eigenvalue weighted by atomic mass is 19.4. The lowest BCUT2D eigenvalue weighted by Crippen LogP contribution is -2.53. The third-order valence-corrected chi connectivity index (χ3v) is 5.63. The fourth-order valence-electron chi connectivity index (χ4n) is 3.83. The largest absolute Gasteiger partial charge is 0.419 e. The topological polar surface area (TPSA) is 50.4 Å². The summed E-state index contributed by atoms with van der Waals surface area (Å²) in [6.45, 7) is 0.720. The van der Waals surface area contributed by atoms with Crippen molar-refractivity contribution < 1.29 is 31.5 Å². The second kappa shape index (κ2) is 6.70. The molecule has 1 unspecified atom stereocenters. The second-order valence-electron chi connectivity index (χ2n) is 7.60. The minimum Gasteiger partial charge on any atom is -0.381 e. The summed E-state index contributed by atoms with van der Waals surface area (Å²) in [6, 6.07) is 0.280. The van der Waals surface area contributed by atoms with Gasteiger partial charge in [-0.25, -0.2) is 8.78 Å². The Bertz CT molecular complexity index is 740. The van der Waals surface area contributed by atoms with E-state index in [2.05, 4.69) is 10.6 Å². The molecule has 4 nitrogen and oxygen atoms in total. The Balaban J connectivity index is 1.48. The van der Waals surface area contributed by atoms with Gasteiger partial charge in [-0.2, -0.15) is 13.2 Å². The van der Waals surface area contributed by atoms with Crippen LogP contribution in [0.3, 0.4) is 0 Å². The fraction of sp³-hybridized carbons (Fsp3) is 0.611. The minimum absolute atomic E-state index is 0.0883. The normalized spacial score (nSPS) is 28.4. The maximum atomic E-state index is 14.2. The van der Waals surface area contributed by atoms with Crippen LogP contribution in [0, 0.1) is 23.5 Å². The van der Waals surface area contributed by atoms with Crippen molar-refractivity contribution in [3.05, 3.63) is 34.9 Å². The lowest BCUT2D eigenvalue weighted by molar-refractivity contribution is -0.140. The van der Waals surface area contributed by atoms with Gasteiger partial charge in [-0.1, -0.05) is 0 Å². The van der Waals surface area contributed by atoms with Crippen LogP contribution in [-0.4, -0.2) is 37.2 Å². The number of halogens is 5. The second-order valence-corrected chi connectivity index (χ2v) is 7.60. The van der Waals surface area contributed by atoms with Gasteiger partial charge in [0, 0.05) is 18.0 Å². The lowest BCUT2D eigenvalue weighted by Gasteiger charge is -2.35. The quantitative estimate of drug-likeness (QED) is 0.760. The number of nitrogens with one attached hydrogen (secondary N) is 2. The summed E-state index contributed by atoms with van der Waals surface area (Å²) in [5, 5.41) is 6.06. The zero-order valence-electron chi connectivity index (χ0n) is 14.3. The first kappa shape index (κ1) is 18.6. The highest BCUT2D eigenvalue weighted by molar-refractivity contribution is 5.82. The van der Waals surface area contributed by atoms with E-state index in [1.54, 1.807) is 0 Å². The van der Waals surface area contributed by atoms with E-state index in [1.165, 1.54) is 0 Å². The molecule has 2 N–H and O–H groups in total. The average molecular weight is 390 g/mol. The predicted octanol–water partition coefficient (Wildman–Crippen LogP) is 2.41. The maximum Gasteiger partial charge on any atom is 0.419 e. The van der Waals surface area contributed by atoms with E-state index in [0.29, 0.717) is 31.2 Å². The van der Waals surface area contributed by atoms with Crippen LogP contribution in [0.1, 0.15) is 24.0 Å². The molecule has 1 aromatic carbocycles. The number of carbonyl (C=O) groups is 1. The summed E-state index contributed by atoms with van der Waals surface area (Å²) < 4.78 is 71.2. The highest BCUT2D eigenvalue weighted by Gasteiger charge is 2.48. The Hall–Kier alpha value is -1.74. The SMILES string of the molecule is O=C(NC(Cc1cc(F)c(C(F)(F)F)cc1F)C1COC1)[C@H]1C[C@H]2C[C@H]2N1. The monoisotopic (exact) mass is 390 g/mol. The Kier molecular flexibility index (Phi) is 4.62. The number of ether oxygens (including phenoxy) is 1. The van der Waals surface area contributed by atoms with Crippen molar-refractivity contribution >= 4 is 5.91 Å². The van der Waals surface area contributed by atoms with Gasteiger partial charge >= 0.3 is 6.18 Å². The number of benzene rings is 1. The molecule has 0 bridgehead atoms. The van der Waals surface area contributed by atoms with Gasteiger partial charge < -0.3 is 15.4 Å². The van der Waals surface area contributed by atoms with Gasteiger partial charge in [0.1, 0.15) is 11.6 Å². The van der Waals surface area contributed by atoms with Crippen LogP contribution < -0.4 is 10.6 Å². The molecule has 3 fully saturated rings. The number of rotatable bonds is 5. The van der Waals surface area contributed by atoms with Gasteiger partial charge in [0.05, 0.1) is 24.8 Å². The number of alkyl halides is 3. The Morgan fingerprint density at radius 2 is 1.96 bits per heavy atom. The highest BCUT2D eigenvalue weighted by Crippen LogP contribution is 2.40. The molecule has 1 amide bonds. The molecular formula is C18H19F5N2O2. The Morgan fingerprint density at radius 3 is 2.52 bits per heavy atom. The zero-order chi connectivity index (χ0) is 19.3. The molecule has 1 aliphatic carbocycles. The van der Waals surface area contributed by atoms with Crippen molar-refractivity contribution in [3.63, 3.8) is 0 Å². The molecule has 2 aliphatic heterocycles. The molecule has 3 aliphatic rings. The molecule has 4 atom stereocenters. The van der Waals surface area contributed by atoms with E-state index in [-0.39, 0.29) is 35.9 Å². The van der Waals surface area contributed by atoms with E-state index in [4.69, 9.17) is 4.74 Å². The van der Waals surface area contributed by atoms with Crippen LogP contribution in [0.15, 0.2) is 12.1 Å². The molecule has 9 heteroatoms. The van der Waals surface area contributed by atoms with Crippen LogP contribution in [0.2, 0.25) is 0 Å². The first-order chi connectivity index (χ1) is 12.7. The van der Waals surface area contributed by atoms with Gasteiger partial charge in [-0.3, -0.25) is 4.79 Å². The minimum atomic E-state index is -4.96. The number of fused-ring (bicyclic) bond motifs is 1. The Morgan fingerprint density at radius 1 is 1.22 bits per heavy atom. The van der Waals surface area contributed by atoms with Gasteiger partial charge in [-0.05, 0) is 42.9 Å². The van der Waals surface area contributed by atoms with E-state index >= 15 is 0 Å². The molecular weight excluding hydrogens is 371 g/mol. The molecule has 0 radical (unpaired) electrons. The molecule has 1 aromatic rings. The summed E-state index contributed by atoms with van der Waals surface area (Å²) in [5.74, 6) is -2.44. The molecule has 0 aromatic heterocycles. The van der Waals surface area contributed by atoms with E-state index < -0.39 is 29.4 Å². The molecule has 0 spiro atoms.